The molecule has 0 radical (unpaired) electrons. The summed E-state index contributed by atoms with van der Waals surface area (Å²) in [5, 5.41) is 10.9. The van der Waals surface area contributed by atoms with Gasteiger partial charge < -0.3 is 16.7 Å². The quantitative estimate of drug-likeness (QED) is 0.181. The van der Waals surface area contributed by atoms with Crippen LogP contribution in [-0.2, 0) is 0 Å². The summed E-state index contributed by atoms with van der Waals surface area (Å²) in [6.45, 7) is 0. The highest BCUT2D eigenvalue weighted by Gasteiger charge is 2.42. The average molecular weight is 115 g/mol. The van der Waals surface area contributed by atoms with Gasteiger partial charge >= 0.3 is 0 Å². The summed E-state index contributed by atoms with van der Waals surface area (Å²) < 4.78 is 0. The molecule has 4 nitrogen and oxygen atoms in total. The molecule has 8 heavy (non-hydrogen) atoms. The van der Waals surface area contributed by atoms with Gasteiger partial charge in [-0.2, -0.15) is 0 Å². The summed E-state index contributed by atoms with van der Waals surface area (Å²) in [5.41, 5.74) is 10.2. The Kier molecular flexibility index (Phi) is 0.907. The normalized spacial score (nSPS) is 25.4. The van der Waals surface area contributed by atoms with Crippen molar-refractivity contribution in [1.29, 1.82) is 0 Å². The largest absolute Gasteiger partial charge is 0.409 e. The van der Waals surface area contributed by atoms with Gasteiger partial charge in [0.1, 0.15) is 0 Å². The third kappa shape index (κ3) is 0.626. The van der Waals surface area contributed by atoms with E-state index in [9.17, 15) is 0 Å². The average Bonchev–Trinajstić information content (AvgIpc) is 2.47. The lowest BCUT2D eigenvalue weighted by molar-refractivity contribution is 0.315. The molecular weight excluding hydrogens is 106 g/mol. The van der Waals surface area contributed by atoms with E-state index >= 15 is 0 Å². The Morgan fingerprint density at radius 3 is 2.25 bits per heavy atom. The standard InChI is InChI=1S/C4H9N3O/c5-3(7-8)4(6)1-2-4/h8H,1-2,6H2,(H2,5,7). The SMILES string of the molecule is N/C(=N\O)C1(N)CC1. The third-order valence-corrected chi connectivity index (χ3v) is 1.41. The van der Waals surface area contributed by atoms with Crippen LogP contribution in [0.25, 0.3) is 0 Å². The highest BCUT2D eigenvalue weighted by atomic mass is 16.4. The van der Waals surface area contributed by atoms with Gasteiger partial charge in [-0.1, -0.05) is 5.16 Å². The van der Waals surface area contributed by atoms with Crippen molar-refractivity contribution in [1.82, 2.24) is 0 Å². The van der Waals surface area contributed by atoms with Gasteiger partial charge in [0.15, 0.2) is 5.84 Å². The van der Waals surface area contributed by atoms with Gasteiger partial charge in [0.2, 0.25) is 0 Å². The topological polar surface area (TPSA) is 84.6 Å². The van der Waals surface area contributed by atoms with Crippen molar-refractivity contribution in [2.45, 2.75) is 18.4 Å². The minimum Gasteiger partial charge on any atom is -0.409 e. The number of amidine groups is 1. The molecule has 0 aromatic heterocycles. The number of hydrogen-bond donors (Lipinski definition) is 3. The molecule has 46 valence electrons. The molecule has 0 saturated heterocycles. The van der Waals surface area contributed by atoms with Crippen molar-refractivity contribution in [3.63, 3.8) is 0 Å². The molecule has 5 N–H and O–H groups in total. The van der Waals surface area contributed by atoms with E-state index in [1.807, 2.05) is 0 Å². The summed E-state index contributed by atoms with van der Waals surface area (Å²) >= 11 is 0. The molecule has 1 saturated carbocycles. The Labute approximate surface area is 47.2 Å². The van der Waals surface area contributed by atoms with Gasteiger partial charge in [-0.15, -0.1) is 0 Å². The van der Waals surface area contributed by atoms with Gasteiger partial charge in [0.05, 0.1) is 5.54 Å². The molecule has 0 aliphatic heterocycles. The monoisotopic (exact) mass is 115 g/mol. The fraction of sp³-hybridized carbons (Fsp3) is 0.750. The highest BCUT2D eigenvalue weighted by molar-refractivity contribution is 5.92. The Morgan fingerprint density at radius 2 is 2.12 bits per heavy atom. The van der Waals surface area contributed by atoms with E-state index in [2.05, 4.69) is 5.16 Å². The van der Waals surface area contributed by atoms with Crippen molar-refractivity contribution < 1.29 is 5.21 Å². The molecule has 4 heteroatoms. The van der Waals surface area contributed by atoms with Crippen LogP contribution in [0.5, 0.6) is 0 Å². The van der Waals surface area contributed by atoms with Gasteiger partial charge in [0.25, 0.3) is 0 Å². The molecule has 1 aliphatic rings. The van der Waals surface area contributed by atoms with Crippen molar-refractivity contribution in [3.8, 4) is 0 Å². The van der Waals surface area contributed by atoms with Crippen LogP contribution in [0.3, 0.4) is 0 Å². The van der Waals surface area contributed by atoms with Crippen molar-refractivity contribution >= 4 is 5.84 Å². The number of oxime groups is 1. The Bertz CT molecular complexity index is 127. The van der Waals surface area contributed by atoms with Gasteiger partial charge in [-0.3, -0.25) is 0 Å². The summed E-state index contributed by atoms with van der Waals surface area (Å²) in [5.74, 6) is 0.150. The van der Waals surface area contributed by atoms with Crippen molar-refractivity contribution in [2.75, 3.05) is 0 Å². The van der Waals surface area contributed by atoms with Crippen LogP contribution in [0.4, 0.5) is 0 Å². The van der Waals surface area contributed by atoms with E-state index in [4.69, 9.17) is 16.7 Å². The lowest BCUT2D eigenvalue weighted by atomic mass is 10.3. The molecule has 0 aromatic carbocycles. The van der Waals surface area contributed by atoms with Gasteiger partial charge in [0, 0.05) is 0 Å². The Morgan fingerprint density at radius 1 is 1.62 bits per heavy atom. The maximum absolute atomic E-state index is 8.09. The number of nitrogens with two attached hydrogens (primary N) is 2. The molecular formula is C4H9N3O. The van der Waals surface area contributed by atoms with Crippen LogP contribution in [0.15, 0.2) is 5.16 Å². The van der Waals surface area contributed by atoms with Gasteiger partial charge in [-0.25, -0.2) is 0 Å². The first-order valence-electron chi connectivity index (χ1n) is 2.46. The van der Waals surface area contributed by atoms with Crippen molar-refractivity contribution in [2.24, 2.45) is 16.6 Å². The Hall–Kier alpha value is -0.770. The number of rotatable bonds is 1. The molecule has 0 heterocycles. The first kappa shape index (κ1) is 5.37. The van der Waals surface area contributed by atoms with E-state index in [1.165, 1.54) is 0 Å². The molecule has 1 aliphatic carbocycles. The predicted octanol–water partition coefficient (Wildman–Crippen LogP) is -0.776. The zero-order chi connectivity index (χ0) is 6.20. The third-order valence-electron chi connectivity index (χ3n) is 1.41. The molecule has 0 spiro atoms. The maximum Gasteiger partial charge on any atom is 0.159 e. The predicted molar refractivity (Wildman–Crippen MR) is 29.6 cm³/mol. The Balaban J connectivity index is 2.59. The van der Waals surface area contributed by atoms with E-state index in [-0.39, 0.29) is 5.84 Å². The second kappa shape index (κ2) is 1.35. The molecule has 0 unspecified atom stereocenters. The summed E-state index contributed by atoms with van der Waals surface area (Å²) in [6.07, 6.45) is 1.67. The fourth-order valence-corrected chi connectivity index (χ4v) is 0.490. The molecule has 1 rings (SSSR count). The summed E-state index contributed by atoms with van der Waals surface area (Å²) in [6, 6.07) is 0. The highest BCUT2D eigenvalue weighted by Crippen LogP contribution is 2.31. The van der Waals surface area contributed by atoms with E-state index in [1.54, 1.807) is 0 Å². The lowest BCUT2D eigenvalue weighted by Gasteiger charge is -2.02. The smallest absolute Gasteiger partial charge is 0.159 e. The van der Waals surface area contributed by atoms with E-state index < -0.39 is 5.54 Å². The van der Waals surface area contributed by atoms with Crippen LogP contribution < -0.4 is 11.5 Å². The lowest BCUT2D eigenvalue weighted by Crippen LogP contribution is -2.38. The van der Waals surface area contributed by atoms with Crippen LogP contribution in [-0.4, -0.2) is 16.6 Å². The van der Waals surface area contributed by atoms with E-state index in [0.717, 1.165) is 12.8 Å². The minimum atomic E-state index is -0.464. The van der Waals surface area contributed by atoms with E-state index in [0.29, 0.717) is 0 Å². The summed E-state index contributed by atoms with van der Waals surface area (Å²) in [7, 11) is 0. The molecule has 1 fully saturated rings. The fourth-order valence-electron chi connectivity index (χ4n) is 0.490. The maximum atomic E-state index is 8.09. The number of hydrogen-bond acceptors (Lipinski definition) is 3. The molecule has 0 aromatic rings. The first-order valence-corrected chi connectivity index (χ1v) is 2.46. The minimum absolute atomic E-state index is 0.150. The zero-order valence-electron chi connectivity index (χ0n) is 4.46. The molecule has 0 bridgehead atoms. The van der Waals surface area contributed by atoms with Crippen LogP contribution >= 0.6 is 0 Å². The first-order chi connectivity index (χ1) is 3.69. The van der Waals surface area contributed by atoms with Crippen LogP contribution in [0, 0.1) is 0 Å². The number of nitrogens with zero attached hydrogens (tertiary/aromatic N) is 1. The van der Waals surface area contributed by atoms with Gasteiger partial charge in [-0.05, 0) is 12.8 Å². The second-order valence-electron chi connectivity index (χ2n) is 2.14. The van der Waals surface area contributed by atoms with Crippen molar-refractivity contribution in [3.05, 3.63) is 0 Å². The second-order valence-corrected chi connectivity index (χ2v) is 2.14. The molecule has 0 atom stereocenters. The summed E-state index contributed by atoms with van der Waals surface area (Å²) in [4.78, 5) is 0. The molecule has 0 amide bonds. The van der Waals surface area contributed by atoms with Crippen LogP contribution in [0.2, 0.25) is 0 Å². The van der Waals surface area contributed by atoms with Crippen LogP contribution in [0.1, 0.15) is 12.8 Å². The zero-order valence-corrected chi connectivity index (χ0v) is 4.46.